The average Bonchev–Trinajstić information content (AvgIpc) is 2.81. The van der Waals surface area contributed by atoms with Crippen LogP contribution in [0.4, 0.5) is 0 Å². The van der Waals surface area contributed by atoms with Crippen molar-refractivity contribution in [1.29, 1.82) is 0 Å². The standard InChI is InChI=1S/2C6H7.C2H5Cl.Ti/c2*1-6-4-2-3-5-6;1-2-3;/h2*2,4H,3H2,1H3;2H2,1H3;/q2*-1;;+2. The van der Waals surface area contributed by atoms with Gasteiger partial charge in [-0.15, -0.1) is 24.4 Å². The molecule has 2 aliphatic rings. The number of alkyl halides is 1. The summed E-state index contributed by atoms with van der Waals surface area (Å²) in [4.78, 5) is 0. The van der Waals surface area contributed by atoms with Crippen LogP contribution in [0.3, 0.4) is 0 Å². The van der Waals surface area contributed by atoms with E-state index in [1.807, 2.05) is 6.92 Å². The van der Waals surface area contributed by atoms with Gasteiger partial charge in [-0.2, -0.15) is 12.2 Å². The minimum atomic E-state index is 0. The van der Waals surface area contributed by atoms with E-state index < -0.39 is 0 Å². The molecule has 0 saturated heterocycles. The quantitative estimate of drug-likeness (QED) is 0.342. The number of hydrogen-bond acceptors (Lipinski definition) is 0. The predicted molar refractivity (Wildman–Crippen MR) is 68.8 cm³/mol. The molecule has 0 spiro atoms. The first-order chi connectivity index (χ1) is 7.20. The van der Waals surface area contributed by atoms with E-state index in [2.05, 4.69) is 50.3 Å². The van der Waals surface area contributed by atoms with Gasteiger partial charge >= 0.3 is 21.7 Å². The average molecular weight is 271 g/mol. The molecule has 86 valence electrons. The summed E-state index contributed by atoms with van der Waals surface area (Å²) in [6.45, 7) is 6.01. The van der Waals surface area contributed by atoms with Gasteiger partial charge in [0.1, 0.15) is 0 Å². The van der Waals surface area contributed by atoms with E-state index in [1.165, 1.54) is 11.1 Å². The second-order valence-electron chi connectivity index (χ2n) is 3.20. The maximum atomic E-state index is 5.00. The Morgan fingerprint density at radius 1 is 1.06 bits per heavy atom. The normalized spacial score (nSPS) is 15.0. The van der Waals surface area contributed by atoms with Crippen LogP contribution in [-0.4, -0.2) is 5.88 Å². The van der Waals surface area contributed by atoms with Crippen LogP contribution < -0.4 is 0 Å². The second kappa shape index (κ2) is 13.0. The summed E-state index contributed by atoms with van der Waals surface area (Å²) >= 11 is 5.00. The van der Waals surface area contributed by atoms with Crippen molar-refractivity contribution in [2.24, 2.45) is 0 Å². The summed E-state index contributed by atoms with van der Waals surface area (Å²) < 4.78 is 0. The maximum absolute atomic E-state index is 5.00. The van der Waals surface area contributed by atoms with E-state index in [-0.39, 0.29) is 21.7 Å². The molecule has 0 atom stereocenters. The van der Waals surface area contributed by atoms with E-state index in [4.69, 9.17) is 11.6 Å². The van der Waals surface area contributed by atoms with Gasteiger partial charge in [-0.1, -0.05) is 20.8 Å². The molecule has 0 heterocycles. The molecule has 16 heavy (non-hydrogen) atoms. The van der Waals surface area contributed by atoms with E-state index >= 15 is 0 Å². The van der Waals surface area contributed by atoms with Crippen molar-refractivity contribution < 1.29 is 21.7 Å². The minimum Gasteiger partial charge on any atom is -0.270 e. The first-order valence-electron chi connectivity index (χ1n) is 5.24. The second-order valence-corrected chi connectivity index (χ2v) is 3.73. The Labute approximate surface area is 120 Å². The summed E-state index contributed by atoms with van der Waals surface area (Å²) in [5.41, 5.74) is 2.55. The molecule has 0 aliphatic heterocycles. The van der Waals surface area contributed by atoms with Gasteiger partial charge in [0, 0.05) is 5.88 Å². The summed E-state index contributed by atoms with van der Waals surface area (Å²) in [7, 11) is 0. The Morgan fingerprint density at radius 2 is 1.38 bits per heavy atom. The van der Waals surface area contributed by atoms with E-state index in [1.54, 1.807) is 0 Å². The third-order valence-electron chi connectivity index (χ3n) is 1.73. The SMILES string of the molecule is CC1=[C-]CC=C1.CC1=[C-]CC=C1.CCCl.[Ti+2]. The minimum absolute atomic E-state index is 0. The fraction of sp³-hybridized carbons (Fsp3) is 0.429. The van der Waals surface area contributed by atoms with Gasteiger partial charge in [0.15, 0.2) is 0 Å². The Hall–Kier alpha value is -0.0357. The molecular weight excluding hydrogens is 251 g/mol. The van der Waals surface area contributed by atoms with Gasteiger partial charge in [-0.25, -0.2) is 23.3 Å². The molecule has 0 aromatic heterocycles. The van der Waals surface area contributed by atoms with Crippen LogP contribution >= 0.6 is 11.6 Å². The molecule has 0 bridgehead atoms. The Kier molecular flexibility index (Phi) is 14.9. The maximum Gasteiger partial charge on any atom is 2.00 e. The smallest absolute Gasteiger partial charge is 0.270 e. The molecule has 0 aromatic carbocycles. The van der Waals surface area contributed by atoms with Crippen LogP contribution in [-0.2, 0) is 21.7 Å². The largest absolute Gasteiger partial charge is 2.00 e. The van der Waals surface area contributed by atoms with Gasteiger partial charge < -0.3 is 0 Å². The number of rotatable bonds is 0. The van der Waals surface area contributed by atoms with Crippen molar-refractivity contribution in [1.82, 2.24) is 0 Å². The molecule has 0 radical (unpaired) electrons. The van der Waals surface area contributed by atoms with Crippen LogP contribution in [0.25, 0.3) is 0 Å². The van der Waals surface area contributed by atoms with Crippen LogP contribution in [0, 0.1) is 12.2 Å². The zero-order valence-electron chi connectivity index (χ0n) is 10.3. The van der Waals surface area contributed by atoms with Gasteiger partial charge in [-0.05, 0) is 0 Å². The van der Waals surface area contributed by atoms with Gasteiger partial charge in [0.25, 0.3) is 0 Å². The van der Waals surface area contributed by atoms with Crippen molar-refractivity contribution in [3.63, 3.8) is 0 Å². The first kappa shape index (κ1) is 18.3. The Bertz CT molecular complexity index is 239. The predicted octanol–water partition coefficient (Wildman–Crippen LogP) is 4.63. The summed E-state index contributed by atoms with van der Waals surface area (Å²) in [6, 6.07) is 0. The van der Waals surface area contributed by atoms with E-state index in [0.717, 1.165) is 18.7 Å². The Balaban J connectivity index is 0. The zero-order valence-corrected chi connectivity index (χ0v) is 12.6. The Morgan fingerprint density at radius 3 is 1.44 bits per heavy atom. The van der Waals surface area contributed by atoms with Gasteiger partial charge in [0.05, 0.1) is 0 Å². The van der Waals surface area contributed by atoms with Crippen LogP contribution in [0.15, 0.2) is 35.5 Å². The molecule has 0 N–H and O–H groups in total. The van der Waals surface area contributed by atoms with E-state index in [9.17, 15) is 0 Å². The molecule has 0 nitrogen and oxygen atoms in total. The fourth-order valence-corrected chi connectivity index (χ4v) is 1.03. The zero-order chi connectivity index (χ0) is 11.5. The summed E-state index contributed by atoms with van der Waals surface area (Å²) in [6.07, 6.45) is 16.7. The summed E-state index contributed by atoms with van der Waals surface area (Å²) in [5.74, 6) is 0.722. The molecule has 0 saturated carbocycles. The van der Waals surface area contributed by atoms with Crippen molar-refractivity contribution in [3.05, 3.63) is 47.6 Å². The molecule has 0 unspecified atom stereocenters. The topological polar surface area (TPSA) is 0 Å². The monoisotopic (exact) mass is 270 g/mol. The fourth-order valence-electron chi connectivity index (χ4n) is 1.03. The molecule has 2 aliphatic carbocycles. The number of allylic oxidation sites excluding steroid dienone is 8. The van der Waals surface area contributed by atoms with Crippen LogP contribution in [0.1, 0.15) is 33.6 Å². The molecular formula is C14H19ClTi. The van der Waals surface area contributed by atoms with E-state index in [0.29, 0.717) is 0 Å². The molecule has 0 fully saturated rings. The molecule has 2 rings (SSSR count). The van der Waals surface area contributed by atoms with Gasteiger partial charge in [0.2, 0.25) is 0 Å². The van der Waals surface area contributed by atoms with Crippen molar-refractivity contribution in [3.8, 4) is 0 Å². The van der Waals surface area contributed by atoms with Crippen molar-refractivity contribution in [2.45, 2.75) is 33.6 Å². The molecule has 0 aromatic rings. The summed E-state index contributed by atoms with van der Waals surface area (Å²) in [5, 5.41) is 0. The van der Waals surface area contributed by atoms with Gasteiger partial charge in [-0.3, -0.25) is 12.2 Å². The van der Waals surface area contributed by atoms with Crippen molar-refractivity contribution in [2.75, 3.05) is 5.88 Å². The number of hydrogen-bond donors (Lipinski definition) is 0. The van der Waals surface area contributed by atoms with Crippen LogP contribution in [0.2, 0.25) is 0 Å². The third kappa shape index (κ3) is 12.0. The van der Waals surface area contributed by atoms with Crippen molar-refractivity contribution >= 4 is 11.6 Å². The molecule has 2 heteroatoms. The number of halogens is 1. The van der Waals surface area contributed by atoms with Crippen LogP contribution in [0.5, 0.6) is 0 Å². The third-order valence-corrected chi connectivity index (χ3v) is 1.73. The first-order valence-corrected chi connectivity index (χ1v) is 5.78. The molecule has 0 amide bonds.